The Balaban J connectivity index is 1.99. The van der Waals surface area contributed by atoms with Gasteiger partial charge in [0.25, 0.3) is 5.56 Å². The Morgan fingerprint density at radius 2 is 1.93 bits per heavy atom. The van der Waals surface area contributed by atoms with Crippen LogP contribution in [0.1, 0.15) is 43.6 Å². The molecule has 6 heteroatoms. The van der Waals surface area contributed by atoms with Crippen molar-refractivity contribution >= 4 is 11.2 Å². The van der Waals surface area contributed by atoms with Gasteiger partial charge in [-0.25, -0.2) is 15.0 Å². The summed E-state index contributed by atoms with van der Waals surface area (Å²) in [4.78, 5) is 26.6. The van der Waals surface area contributed by atoms with Crippen LogP contribution >= 0.6 is 0 Å². The zero-order valence-electron chi connectivity index (χ0n) is 16.2. The maximum atomic E-state index is 12.9. The van der Waals surface area contributed by atoms with Gasteiger partial charge < -0.3 is 4.74 Å². The molecule has 140 valence electrons. The number of pyridine rings is 2. The monoisotopic (exact) mass is 364 g/mol. The molecule has 1 saturated carbocycles. The SMILES string of the molecule is CC[C@H](C1CC1)n1c(=O)c(C)nc2c(-c3ccc(OC)nc3C)ccnc21. The van der Waals surface area contributed by atoms with Crippen molar-refractivity contribution in [3.05, 3.63) is 46.1 Å². The summed E-state index contributed by atoms with van der Waals surface area (Å²) < 4.78 is 7.10. The number of aromatic nitrogens is 4. The Morgan fingerprint density at radius 1 is 1.15 bits per heavy atom. The molecule has 27 heavy (non-hydrogen) atoms. The summed E-state index contributed by atoms with van der Waals surface area (Å²) >= 11 is 0. The van der Waals surface area contributed by atoms with E-state index in [0.29, 0.717) is 23.1 Å². The Kier molecular flexibility index (Phi) is 4.42. The van der Waals surface area contributed by atoms with Crippen LogP contribution in [0.4, 0.5) is 0 Å². The number of nitrogens with zero attached hydrogens (tertiary/aromatic N) is 4. The van der Waals surface area contributed by atoms with Crippen molar-refractivity contribution < 1.29 is 4.74 Å². The second kappa shape index (κ2) is 6.76. The molecule has 1 fully saturated rings. The maximum Gasteiger partial charge on any atom is 0.273 e. The molecule has 0 unspecified atom stereocenters. The quantitative estimate of drug-likeness (QED) is 0.688. The van der Waals surface area contributed by atoms with Crippen molar-refractivity contribution in [3.8, 4) is 17.0 Å². The van der Waals surface area contributed by atoms with Gasteiger partial charge in [0.05, 0.1) is 7.11 Å². The highest BCUT2D eigenvalue weighted by Crippen LogP contribution is 2.42. The van der Waals surface area contributed by atoms with E-state index in [4.69, 9.17) is 4.74 Å². The van der Waals surface area contributed by atoms with E-state index in [1.807, 2.05) is 29.7 Å². The fourth-order valence-electron chi connectivity index (χ4n) is 3.88. The molecule has 1 aliphatic rings. The van der Waals surface area contributed by atoms with Gasteiger partial charge in [-0.2, -0.15) is 0 Å². The van der Waals surface area contributed by atoms with E-state index in [0.717, 1.165) is 28.8 Å². The van der Waals surface area contributed by atoms with Crippen LogP contribution in [0.2, 0.25) is 0 Å². The molecule has 0 radical (unpaired) electrons. The van der Waals surface area contributed by atoms with Gasteiger partial charge in [0.2, 0.25) is 5.88 Å². The van der Waals surface area contributed by atoms with Gasteiger partial charge in [-0.05, 0) is 51.2 Å². The van der Waals surface area contributed by atoms with Gasteiger partial charge in [-0.15, -0.1) is 0 Å². The fourth-order valence-corrected chi connectivity index (χ4v) is 3.88. The number of fused-ring (bicyclic) bond motifs is 1. The molecule has 0 bridgehead atoms. The number of aryl methyl sites for hydroxylation is 2. The minimum Gasteiger partial charge on any atom is -0.481 e. The van der Waals surface area contributed by atoms with Crippen LogP contribution in [0, 0.1) is 19.8 Å². The summed E-state index contributed by atoms with van der Waals surface area (Å²) in [5, 5.41) is 0. The molecule has 3 aromatic heterocycles. The highest BCUT2D eigenvalue weighted by Gasteiger charge is 2.33. The van der Waals surface area contributed by atoms with Crippen LogP contribution < -0.4 is 10.3 Å². The Labute approximate surface area is 158 Å². The predicted molar refractivity (Wildman–Crippen MR) is 105 cm³/mol. The lowest BCUT2D eigenvalue weighted by atomic mass is 10.0. The molecule has 1 aliphatic carbocycles. The summed E-state index contributed by atoms with van der Waals surface area (Å²) in [6.45, 7) is 5.87. The van der Waals surface area contributed by atoms with Gasteiger partial charge in [0.15, 0.2) is 5.65 Å². The van der Waals surface area contributed by atoms with E-state index >= 15 is 0 Å². The number of rotatable bonds is 5. The second-order valence-corrected chi connectivity index (χ2v) is 7.20. The van der Waals surface area contributed by atoms with E-state index in [1.54, 1.807) is 20.2 Å². The van der Waals surface area contributed by atoms with Gasteiger partial charge in [-0.1, -0.05) is 6.92 Å². The van der Waals surface area contributed by atoms with Crippen LogP contribution in [-0.4, -0.2) is 26.6 Å². The normalized spacial score (nSPS) is 15.1. The Hall–Kier alpha value is -2.76. The van der Waals surface area contributed by atoms with E-state index in [2.05, 4.69) is 21.9 Å². The lowest BCUT2D eigenvalue weighted by Gasteiger charge is -2.21. The average Bonchev–Trinajstić information content (AvgIpc) is 3.50. The first-order valence-electron chi connectivity index (χ1n) is 9.45. The second-order valence-electron chi connectivity index (χ2n) is 7.20. The van der Waals surface area contributed by atoms with Crippen LogP contribution in [0.5, 0.6) is 5.88 Å². The van der Waals surface area contributed by atoms with Crippen LogP contribution in [-0.2, 0) is 0 Å². The Morgan fingerprint density at radius 3 is 2.56 bits per heavy atom. The van der Waals surface area contributed by atoms with Gasteiger partial charge in [0.1, 0.15) is 11.2 Å². The molecule has 0 saturated heterocycles. The van der Waals surface area contributed by atoms with Crippen LogP contribution in [0.15, 0.2) is 29.2 Å². The van der Waals surface area contributed by atoms with E-state index in [1.165, 1.54) is 12.8 Å². The molecular formula is C21H24N4O2. The highest BCUT2D eigenvalue weighted by atomic mass is 16.5. The third kappa shape index (κ3) is 2.99. The molecule has 0 N–H and O–H groups in total. The summed E-state index contributed by atoms with van der Waals surface area (Å²) in [5.74, 6) is 1.14. The van der Waals surface area contributed by atoms with Gasteiger partial charge >= 0.3 is 0 Å². The minimum absolute atomic E-state index is 0.0320. The third-order valence-electron chi connectivity index (χ3n) is 5.42. The summed E-state index contributed by atoms with van der Waals surface area (Å²) in [7, 11) is 1.61. The standard InChI is InChI=1S/C21H24N4O2/c1-5-17(14-6-7-14)25-20-19(24-13(3)21(25)26)16(10-11-22-20)15-8-9-18(27-4)23-12(15)2/h8-11,14,17H,5-7H2,1-4H3/t17-/m1/s1. The van der Waals surface area contributed by atoms with E-state index < -0.39 is 0 Å². The molecule has 3 heterocycles. The summed E-state index contributed by atoms with van der Waals surface area (Å²) in [6, 6.07) is 5.95. The molecule has 0 aliphatic heterocycles. The molecule has 1 atom stereocenters. The van der Waals surface area contributed by atoms with Crippen LogP contribution in [0.3, 0.4) is 0 Å². The van der Waals surface area contributed by atoms with Crippen molar-refractivity contribution in [2.75, 3.05) is 7.11 Å². The van der Waals surface area contributed by atoms with Crippen molar-refractivity contribution in [3.63, 3.8) is 0 Å². The first kappa shape index (κ1) is 17.6. The number of ether oxygens (including phenoxy) is 1. The highest BCUT2D eigenvalue weighted by molar-refractivity contribution is 5.90. The fraction of sp³-hybridized carbons (Fsp3) is 0.429. The zero-order chi connectivity index (χ0) is 19.1. The van der Waals surface area contributed by atoms with E-state index in [9.17, 15) is 4.79 Å². The first-order chi connectivity index (χ1) is 13.0. The van der Waals surface area contributed by atoms with Crippen molar-refractivity contribution in [2.24, 2.45) is 5.92 Å². The first-order valence-corrected chi connectivity index (χ1v) is 9.45. The minimum atomic E-state index is -0.0320. The number of methoxy groups -OCH3 is 1. The average molecular weight is 364 g/mol. The van der Waals surface area contributed by atoms with Crippen molar-refractivity contribution in [2.45, 2.75) is 46.1 Å². The molecule has 0 aromatic carbocycles. The molecule has 4 rings (SSSR count). The molecule has 0 spiro atoms. The largest absolute Gasteiger partial charge is 0.481 e. The molecule has 0 amide bonds. The van der Waals surface area contributed by atoms with Gasteiger partial charge in [0, 0.05) is 35.1 Å². The van der Waals surface area contributed by atoms with E-state index in [-0.39, 0.29) is 11.6 Å². The van der Waals surface area contributed by atoms with Crippen LogP contribution in [0.25, 0.3) is 22.3 Å². The summed E-state index contributed by atoms with van der Waals surface area (Å²) in [6.07, 6.45) is 5.02. The number of hydrogen-bond donors (Lipinski definition) is 0. The smallest absolute Gasteiger partial charge is 0.273 e. The third-order valence-corrected chi connectivity index (χ3v) is 5.42. The maximum absolute atomic E-state index is 12.9. The molecular weight excluding hydrogens is 340 g/mol. The Bertz CT molecular complexity index is 1070. The molecule has 3 aromatic rings. The lowest BCUT2D eigenvalue weighted by Crippen LogP contribution is -2.29. The molecule has 6 nitrogen and oxygen atoms in total. The lowest BCUT2D eigenvalue weighted by molar-refractivity contribution is 0.397. The summed E-state index contributed by atoms with van der Waals surface area (Å²) in [5.41, 5.74) is 4.66. The van der Waals surface area contributed by atoms with Crippen molar-refractivity contribution in [1.82, 2.24) is 19.5 Å². The number of hydrogen-bond acceptors (Lipinski definition) is 5. The predicted octanol–water partition coefficient (Wildman–Crippen LogP) is 3.84. The van der Waals surface area contributed by atoms with Crippen molar-refractivity contribution in [1.29, 1.82) is 0 Å². The topological polar surface area (TPSA) is 69.9 Å². The van der Waals surface area contributed by atoms with Gasteiger partial charge in [-0.3, -0.25) is 9.36 Å². The zero-order valence-corrected chi connectivity index (χ0v) is 16.2.